The molecule has 0 aliphatic carbocycles. The first-order valence-electron chi connectivity index (χ1n) is 3.95. The molecule has 13 heavy (non-hydrogen) atoms. The van der Waals surface area contributed by atoms with Crippen LogP contribution >= 0.6 is 0 Å². The van der Waals surface area contributed by atoms with Crippen LogP contribution in [0, 0.1) is 0 Å². The lowest BCUT2D eigenvalue weighted by molar-refractivity contribution is -0.112. The van der Waals surface area contributed by atoms with Crippen molar-refractivity contribution >= 4 is 0 Å². The molecule has 1 aliphatic heterocycles. The largest absolute Gasteiger partial charge is 0.367 e. The molecule has 72 valence electrons. The second-order valence-corrected chi connectivity index (χ2v) is 2.32. The van der Waals surface area contributed by atoms with Crippen molar-refractivity contribution in [2.75, 3.05) is 19.7 Å². The highest BCUT2D eigenvalue weighted by Crippen LogP contribution is 1.87. The van der Waals surface area contributed by atoms with Crippen LogP contribution in [0.1, 0.15) is 0 Å². The Morgan fingerprint density at radius 1 is 1.23 bits per heavy atom. The van der Waals surface area contributed by atoms with Crippen molar-refractivity contribution in [2.24, 2.45) is 0 Å². The summed E-state index contributed by atoms with van der Waals surface area (Å²) in [6.45, 7) is 2.05. The van der Waals surface area contributed by atoms with Gasteiger partial charge in [0, 0.05) is 13.1 Å². The fraction of sp³-hybridized carbons (Fsp3) is 0.571. The first kappa shape index (κ1) is 9.97. The summed E-state index contributed by atoms with van der Waals surface area (Å²) >= 11 is 0. The van der Waals surface area contributed by atoms with E-state index in [9.17, 15) is 0 Å². The molecule has 0 saturated carbocycles. The number of ether oxygens (including phenoxy) is 1. The third-order valence-electron chi connectivity index (χ3n) is 1.31. The molecule has 1 unspecified atom stereocenters. The molecule has 0 radical (unpaired) electrons. The maximum absolute atomic E-state index is 8.62. The number of β-amino-alcohol motifs (C(OH)–C–C–N with tert-alkyl or cyclic N) is 1. The Balaban J connectivity index is 0.000000132. The number of aromatic nitrogens is 3. The number of nitrogens with zero attached hydrogens (tertiary/aromatic N) is 3. The number of nitrogens with one attached hydrogen (secondary N) is 1. The molecule has 0 amide bonds. The maximum atomic E-state index is 8.62. The van der Waals surface area contributed by atoms with E-state index in [4.69, 9.17) is 9.84 Å². The van der Waals surface area contributed by atoms with E-state index >= 15 is 0 Å². The molecule has 1 aromatic rings. The van der Waals surface area contributed by atoms with Gasteiger partial charge >= 0.3 is 0 Å². The minimum Gasteiger partial charge on any atom is -0.367 e. The molecule has 2 rings (SSSR count). The summed E-state index contributed by atoms with van der Waals surface area (Å²) in [6.07, 6.45) is 3.74. The zero-order valence-electron chi connectivity index (χ0n) is 7.13. The van der Waals surface area contributed by atoms with E-state index in [1.807, 2.05) is 0 Å². The minimum absolute atomic E-state index is 0.569. The molecule has 0 bridgehead atoms. The van der Waals surface area contributed by atoms with E-state index in [0.29, 0.717) is 13.2 Å². The zero-order valence-corrected chi connectivity index (χ0v) is 7.13. The summed E-state index contributed by atoms with van der Waals surface area (Å²) in [6, 6.07) is 0. The standard InChI is InChI=1S/C4H9NO2.C3H3N3/c6-4-3-5-1-2-7-4;1-4-2-6-3-5-1/h4-6H,1-3H2;1-3H. The molecule has 2 N–H and O–H groups in total. The predicted octanol–water partition coefficient (Wildman–Crippen LogP) is -1.20. The van der Waals surface area contributed by atoms with Crippen LogP contribution in [0.15, 0.2) is 19.0 Å². The van der Waals surface area contributed by atoms with Gasteiger partial charge in [-0.3, -0.25) is 0 Å². The van der Waals surface area contributed by atoms with Gasteiger partial charge < -0.3 is 15.2 Å². The fourth-order valence-corrected chi connectivity index (χ4v) is 0.757. The van der Waals surface area contributed by atoms with Crippen molar-refractivity contribution in [1.82, 2.24) is 20.3 Å². The molecule has 1 fully saturated rings. The van der Waals surface area contributed by atoms with E-state index in [1.165, 1.54) is 19.0 Å². The van der Waals surface area contributed by atoms with Gasteiger partial charge in [0.15, 0.2) is 6.29 Å². The Labute approximate surface area is 76.0 Å². The molecule has 0 spiro atoms. The summed E-state index contributed by atoms with van der Waals surface area (Å²) in [5.74, 6) is 0. The first-order valence-corrected chi connectivity index (χ1v) is 3.95. The highest BCUT2D eigenvalue weighted by Gasteiger charge is 2.06. The maximum Gasteiger partial charge on any atom is 0.167 e. The van der Waals surface area contributed by atoms with Crippen molar-refractivity contribution in [2.45, 2.75) is 6.29 Å². The van der Waals surface area contributed by atoms with Gasteiger partial charge in [0.25, 0.3) is 0 Å². The topological polar surface area (TPSA) is 80.2 Å². The van der Waals surface area contributed by atoms with Crippen LogP contribution in [-0.2, 0) is 4.74 Å². The monoisotopic (exact) mass is 184 g/mol. The summed E-state index contributed by atoms with van der Waals surface area (Å²) < 4.78 is 4.77. The lowest BCUT2D eigenvalue weighted by Gasteiger charge is -2.17. The van der Waals surface area contributed by atoms with Gasteiger partial charge in [0.2, 0.25) is 0 Å². The number of aliphatic hydroxyl groups excluding tert-OH is 1. The number of hydrogen-bond donors (Lipinski definition) is 2. The highest BCUT2D eigenvalue weighted by molar-refractivity contribution is 4.54. The first-order chi connectivity index (χ1) is 6.39. The van der Waals surface area contributed by atoms with Crippen LogP contribution in [0.25, 0.3) is 0 Å². The third-order valence-corrected chi connectivity index (χ3v) is 1.31. The average molecular weight is 184 g/mol. The molecule has 1 saturated heterocycles. The molecule has 1 aliphatic rings. The predicted molar refractivity (Wildman–Crippen MR) is 44.7 cm³/mol. The normalized spacial score (nSPS) is 21.5. The summed E-state index contributed by atoms with van der Waals surface area (Å²) in [7, 11) is 0. The van der Waals surface area contributed by atoms with Gasteiger partial charge in [-0.05, 0) is 0 Å². The van der Waals surface area contributed by atoms with Gasteiger partial charge in [-0.2, -0.15) is 0 Å². The smallest absolute Gasteiger partial charge is 0.167 e. The van der Waals surface area contributed by atoms with Crippen LogP contribution in [0.2, 0.25) is 0 Å². The van der Waals surface area contributed by atoms with Crippen LogP contribution < -0.4 is 5.32 Å². The summed E-state index contributed by atoms with van der Waals surface area (Å²) in [5, 5.41) is 11.6. The van der Waals surface area contributed by atoms with E-state index in [0.717, 1.165) is 6.54 Å². The Kier molecular flexibility index (Phi) is 4.92. The fourth-order valence-electron chi connectivity index (χ4n) is 0.757. The number of hydrogen-bond acceptors (Lipinski definition) is 6. The molecule has 1 atom stereocenters. The van der Waals surface area contributed by atoms with Gasteiger partial charge in [0.1, 0.15) is 19.0 Å². The third kappa shape index (κ3) is 5.18. The lowest BCUT2D eigenvalue weighted by Crippen LogP contribution is -2.38. The minimum atomic E-state index is -0.575. The molecule has 1 aromatic heterocycles. The summed E-state index contributed by atoms with van der Waals surface area (Å²) in [5.41, 5.74) is 0. The Morgan fingerprint density at radius 3 is 2.08 bits per heavy atom. The average Bonchev–Trinajstić information content (AvgIpc) is 2.22. The van der Waals surface area contributed by atoms with E-state index in [2.05, 4.69) is 20.3 Å². The van der Waals surface area contributed by atoms with Crippen LogP contribution in [-0.4, -0.2) is 46.0 Å². The van der Waals surface area contributed by atoms with E-state index in [-0.39, 0.29) is 0 Å². The van der Waals surface area contributed by atoms with E-state index < -0.39 is 6.29 Å². The van der Waals surface area contributed by atoms with Crippen molar-refractivity contribution in [3.05, 3.63) is 19.0 Å². The molecular weight excluding hydrogens is 172 g/mol. The number of morpholine rings is 1. The highest BCUT2D eigenvalue weighted by atomic mass is 16.6. The van der Waals surface area contributed by atoms with E-state index in [1.54, 1.807) is 0 Å². The van der Waals surface area contributed by atoms with Crippen LogP contribution in [0.3, 0.4) is 0 Å². The SMILES string of the molecule is OC1CNCCO1.c1ncncn1. The van der Waals surface area contributed by atoms with Crippen molar-refractivity contribution in [3.63, 3.8) is 0 Å². The second kappa shape index (κ2) is 6.41. The Morgan fingerprint density at radius 2 is 1.85 bits per heavy atom. The number of rotatable bonds is 0. The Bertz CT molecular complexity index is 176. The van der Waals surface area contributed by atoms with Gasteiger partial charge in [-0.25, -0.2) is 15.0 Å². The number of aliphatic hydroxyl groups is 1. The van der Waals surface area contributed by atoms with Crippen molar-refractivity contribution in [3.8, 4) is 0 Å². The Hall–Kier alpha value is -1.11. The van der Waals surface area contributed by atoms with Crippen LogP contribution in [0.4, 0.5) is 0 Å². The lowest BCUT2D eigenvalue weighted by atomic mass is 10.5. The van der Waals surface area contributed by atoms with Gasteiger partial charge in [-0.1, -0.05) is 0 Å². The molecule has 2 heterocycles. The zero-order chi connectivity index (χ0) is 9.36. The van der Waals surface area contributed by atoms with Crippen LogP contribution in [0.5, 0.6) is 0 Å². The van der Waals surface area contributed by atoms with Crippen molar-refractivity contribution in [1.29, 1.82) is 0 Å². The molecular formula is C7H12N4O2. The molecule has 6 nitrogen and oxygen atoms in total. The van der Waals surface area contributed by atoms with Gasteiger partial charge in [0.05, 0.1) is 6.61 Å². The van der Waals surface area contributed by atoms with Gasteiger partial charge in [-0.15, -0.1) is 0 Å². The summed E-state index contributed by atoms with van der Waals surface area (Å²) in [4.78, 5) is 10.7. The molecule has 6 heteroatoms. The second-order valence-electron chi connectivity index (χ2n) is 2.32. The molecule has 0 aromatic carbocycles. The quantitative estimate of drug-likeness (QED) is 0.527. The van der Waals surface area contributed by atoms with Crippen molar-refractivity contribution < 1.29 is 9.84 Å².